The molecule has 1 fully saturated rings. The van der Waals surface area contributed by atoms with Crippen LogP contribution in [0.1, 0.15) is 49.2 Å². The van der Waals surface area contributed by atoms with Crippen LogP contribution in [0.5, 0.6) is 0 Å². The van der Waals surface area contributed by atoms with Gasteiger partial charge in [-0.15, -0.1) is 4.68 Å². The number of rotatable bonds is 6. The molecule has 2 aromatic carbocycles. The second-order valence-electron chi connectivity index (χ2n) is 11.0. The van der Waals surface area contributed by atoms with Gasteiger partial charge in [0.15, 0.2) is 17.3 Å². The molecule has 0 spiro atoms. The highest BCUT2D eigenvalue weighted by Gasteiger charge is 2.39. The molecule has 0 aliphatic heterocycles. The summed E-state index contributed by atoms with van der Waals surface area (Å²) in [5, 5.41) is 18.5. The Bertz CT molecular complexity index is 1880. The van der Waals surface area contributed by atoms with Gasteiger partial charge < -0.3 is 4.85 Å². The van der Waals surface area contributed by atoms with Crippen molar-refractivity contribution in [3.8, 4) is 40.0 Å². The molecule has 0 N–H and O–H groups in total. The zero-order valence-electron chi connectivity index (χ0n) is 24.0. The summed E-state index contributed by atoms with van der Waals surface area (Å²) in [5.41, 5.74) is 5.67. The first-order chi connectivity index (χ1) is 21.7. The number of hydrogen-bond acceptors (Lipinski definition) is 5. The summed E-state index contributed by atoms with van der Waals surface area (Å²) in [7, 11) is 0. The highest BCUT2D eigenvalue weighted by Crippen LogP contribution is 2.45. The molecule has 1 saturated carbocycles. The zero-order valence-corrected chi connectivity index (χ0v) is 24.0. The van der Waals surface area contributed by atoms with E-state index in [4.69, 9.17) is 16.5 Å². The number of nitrogens with zero attached hydrogens (tertiary/aromatic N) is 8. The van der Waals surface area contributed by atoms with Gasteiger partial charge in [-0.3, -0.25) is 0 Å². The summed E-state index contributed by atoms with van der Waals surface area (Å²) in [5.74, 6) is 1.68. The molecule has 0 saturated heterocycles. The van der Waals surface area contributed by atoms with E-state index in [0.29, 0.717) is 23.1 Å². The minimum absolute atomic E-state index is 0.322. The molecule has 7 rings (SSSR count). The van der Waals surface area contributed by atoms with Crippen molar-refractivity contribution in [3.05, 3.63) is 138 Å². The molecule has 212 valence electrons. The second kappa shape index (κ2) is 11.4. The molecule has 0 unspecified atom stereocenters. The Balaban J connectivity index is 1.43. The van der Waals surface area contributed by atoms with Gasteiger partial charge in [0, 0.05) is 23.5 Å². The summed E-state index contributed by atoms with van der Waals surface area (Å²) < 4.78 is 3.41. The van der Waals surface area contributed by atoms with Gasteiger partial charge in [0.25, 0.3) is 5.82 Å². The first-order valence-corrected chi connectivity index (χ1v) is 14.7. The van der Waals surface area contributed by atoms with Crippen molar-refractivity contribution in [1.82, 2.24) is 29.5 Å². The molecule has 1 aliphatic rings. The predicted molar refractivity (Wildman–Crippen MR) is 168 cm³/mol. The van der Waals surface area contributed by atoms with Crippen LogP contribution in [0.3, 0.4) is 0 Å². The Morgan fingerprint density at radius 1 is 0.659 bits per heavy atom. The standard InChI is InChI=1S/C36H28N8/c1-38-33-20-24-44(42-33)35-30(27-13-7-3-8-14-27)16-18-32(40-35)36(21-9-4-10-22-36)31-17-15-29(26-11-5-2-6-12-26)34(39-31)43-23-19-28(25-37)41-43/h2-3,5-8,11-20,23-24H,4,9-10,21-22H2. The Labute approximate surface area is 255 Å². The fourth-order valence-corrected chi connectivity index (χ4v) is 6.26. The van der Waals surface area contributed by atoms with E-state index in [0.717, 1.165) is 65.7 Å². The van der Waals surface area contributed by atoms with E-state index >= 15 is 0 Å². The quantitative estimate of drug-likeness (QED) is 0.190. The third-order valence-corrected chi connectivity index (χ3v) is 8.43. The van der Waals surface area contributed by atoms with Crippen LogP contribution < -0.4 is 0 Å². The third-order valence-electron chi connectivity index (χ3n) is 8.43. The first-order valence-electron chi connectivity index (χ1n) is 14.7. The number of aromatic nitrogens is 6. The SMILES string of the molecule is [C-]#[N+]c1ccn(-c2nc(C3(c4ccc(-c5ccccc5)c(-n5ccc(C#N)n5)n4)CCCCC3)ccc2-c2ccccc2)n1. The summed E-state index contributed by atoms with van der Waals surface area (Å²) >= 11 is 0. The second-order valence-corrected chi connectivity index (χ2v) is 11.0. The lowest BCUT2D eigenvalue weighted by molar-refractivity contribution is 0.331. The maximum atomic E-state index is 9.50. The van der Waals surface area contributed by atoms with Crippen LogP contribution in [0.2, 0.25) is 0 Å². The van der Waals surface area contributed by atoms with Crippen molar-refractivity contribution in [2.24, 2.45) is 0 Å². The van der Waals surface area contributed by atoms with Gasteiger partial charge in [-0.1, -0.05) is 86.5 Å². The maximum absolute atomic E-state index is 9.50. The van der Waals surface area contributed by atoms with Crippen LogP contribution in [0, 0.1) is 17.9 Å². The molecule has 8 heteroatoms. The molecule has 0 atom stereocenters. The third kappa shape index (κ3) is 4.83. The zero-order chi connectivity index (χ0) is 29.9. The molecule has 4 heterocycles. The average molecular weight is 573 g/mol. The van der Waals surface area contributed by atoms with Crippen molar-refractivity contribution < 1.29 is 0 Å². The lowest BCUT2D eigenvalue weighted by Crippen LogP contribution is -2.33. The first kappa shape index (κ1) is 27.0. The largest absolute Gasteiger partial charge is 0.359 e. The molecular weight excluding hydrogens is 544 g/mol. The summed E-state index contributed by atoms with van der Waals surface area (Å²) in [6, 6.07) is 34.3. The average Bonchev–Trinajstić information content (AvgIpc) is 3.79. The van der Waals surface area contributed by atoms with Crippen LogP contribution in [0.15, 0.2) is 109 Å². The van der Waals surface area contributed by atoms with Gasteiger partial charge in [0.1, 0.15) is 6.07 Å². The van der Waals surface area contributed by atoms with Crippen LogP contribution in [-0.4, -0.2) is 29.5 Å². The minimum Gasteiger partial charge on any atom is -0.359 e. The Hall–Kier alpha value is -5.86. The van der Waals surface area contributed by atoms with Crippen LogP contribution in [-0.2, 0) is 5.41 Å². The predicted octanol–water partition coefficient (Wildman–Crippen LogP) is 7.85. The van der Waals surface area contributed by atoms with Crippen molar-refractivity contribution in [3.63, 3.8) is 0 Å². The monoisotopic (exact) mass is 572 g/mol. The Morgan fingerprint density at radius 2 is 1.20 bits per heavy atom. The lowest BCUT2D eigenvalue weighted by atomic mass is 9.69. The van der Waals surface area contributed by atoms with E-state index in [9.17, 15) is 5.26 Å². The molecule has 0 amide bonds. The normalized spacial score (nSPS) is 14.0. The molecule has 8 nitrogen and oxygen atoms in total. The number of pyridine rings is 2. The molecule has 4 aromatic heterocycles. The summed E-state index contributed by atoms with van der Waals surface area (Å²) in [6.07, 6.45) is 8.66. The topological polar surface area (TPSA) is 89.6 Å². The minimum atomic E-state index is -0.437. The smallest absolute Gasteiger partial charge is 0.295 e. The van der Waals surface area contributed by atoms with E-state index in [1.54, 1.807) is 33.9 Å². The summed E-state index contributed by atoms with van der Waals surface area (Å²) in [4.78, 5) is 14.2. The van der Waals surface area contributed by atoms with Gasteiger partial charge in [-0.2, -0.15) is 10.4 Å². The van der Waals surface area contributed by atoms with Crippen LogP contribution in [0.4, 0.5) is 5.82 Å². The molecule has 6 aromatic rings. The highest BCUT2D eigenvalue weighted by molar-refractivity contribution is 5.72. The van der Waals surface area contributed by atoms with Crippen molar-refractivity contribution in [1.29, 1.82) is 5.26 Å². The number of hydrogen-bond donors (Lipinski definition) is 0. The molecular formula is C36H28N8. The van der Waals surface area contributed by atoms with Crippen molar-refractivity contribution in [2.45, 2.75) is 37.5 Å². The van der Waals surface area contributed by atoms with Gasteiger partial charge >= 0.3 is 0 Å². The van der Waals surface area contributed by atoms with E-state index in [1.165, 1.54) is 0 Å². The van der Waals surface area contributed by atoms with Crippen LogP contribution in [0.25, 0.3) is 38.7 Å². The Kier molecular flexibility index (Phi) is 7.02. The van der Waals surface area contributed by atoms with Crippen molar-refractivity contribution in [2.75, 3.05) is 0 Å². The lowest BCUT2D eigenvalue weighted by Gasteiger charge is -2.37. The van der Waals surface area contributed by atoms with Gasteiger partial charge in [0.2, 0.25) is 0 Å². The molecule has 1 aliphatic carbocycles. The van der Waals surface area contributed by atoms with E-state index in [2.05, 4.69) is 69.6 Å². The molecule has 0 radical (unpaired) electrons. The van der Waals surface area contributed by atoms with E-state index in [-0.39, 0.29) is 0 Å². The fourth-order valence-electron chi connectivity index (χ4n) is 6.26. The van der Waals surface area contributed by atoms with E-state index in [1.807, 2.05) is 36.4 Å². The maximum Gasteiger partial charge on any atom is 0.295 e. The van der Waals surface area contributed by atoms with Crippen molar-refractivity contribution >= 4 is 5.82 Å². The highest BCUT2D eigenvalue weighted by atomic mass is 15.3. The number of benzene rings is 2. The van der Waals surface area contributed by atoms with Gasteiger partial charge in [0.05, 0.1) is 16.8 Å². The van der Waals surface area contributed by atoms with Crippen LogP contribution >= 0.6 is 0 Å². The fraction of sp³-hybridized carbons (Fsp3) is 0.167. The van der Waals surface area contributed by atoms with Gasteiger partial charge in [-0.05, 0) is 65.5 Å². The van der Waals surface area contributed by atoms with Gasteiger partial charge in [-0.25, -0.2) is 14.6 Å². The number of nitriles is 1. The van der Waals surface area contributed by atoms with E-state index < -0.39 is 5.41 Å². The Morgan fingerprint density at radius 3 is 1.70 bits per heavy atom. The molecule has 0 bridgehead atoms. The molecule has 44 heavy (non-hydrogen) atoms. The summed E-state index contributed by atoms with van der Waals surface area (Å²) in [6.45, 7) is 7.46.